The summed E-state index contributed by atoms with van der Waals surface area (Å²) in [5, 5.41) is 0. The Morgan fingerprint density at radius 1 is 0.897 bits per heavy atom. The molecule has 0 N–H and O–H groups in total. The molecule has 1 heterocycles. The van der Waals surface area contributed by atoms with E-state index in [9.17, 15) is 9.59 Å². The molecule has 3 rings (SSSR count). The maximum absolute atomic E-state index is 13.1. The van der Waals surface area contributed by atoms with E-state index >= 15 is 0 Å². The molecule has 1 aliphatic heterocycles. The van der Waals surface area contributed by atoms with Crippen LogP contribution < -0.4 is 0 Å². The Morgan fingerprint density at radius 2 is 1.38 bits per heavy atom. The second kappa shape index (κ2) is 9.70. The first-order valence-corrected chi connectivity index (χ1v) is 10.3. The van der Waals surface area contributed by atoms with Crippen molar-refractivity contribution in [3.63, 3.8) is 0 Å². The van der Waals surface area contributed by atoms with E-state index in [1.54, 1.807) is 19.0 Å². The van der Waals surface area contributed by atoms with Crippen LogP contribution >= 0.6 is 0 Å². The molecule has 0 atom stereocenters. The van der Waals surface area contributed by atoms with Crippen molar-refractivity contribution in [2.75, 3.05) is 40.8 Å². The fraction of sp³-hybridized carbons (Fsp3) is 0.417. The van der Waals surface area contributed by atoms with E-state index in [2.05, 4.69) is 29.2 Å². The third-order valence-corrected chi connectivity index (χ3v) is 5.75. The Bertz CT molecular complexity index is 760. The fourth-order valence-corrected chi connectivity index (χ4v) is 4.06. The number of likely N-dealkylation sites (N-methyl/N-ethyl adjacent to an activating group) is 1. The standard InChI is InChI=1S/C24H31N3O2/c1-25(2)24(29)21-14-16-27(17-15-21)18-22(28)26(3)23(19-10-6-4-7-11-19)20-12-8-5-9-13-20/h4-13,21,23H,14-18H2,1-3H3. The molecule has 1 fully saturated rings. The largest absolute Gasteiger partial charge is 0.349 e. The molecular weight excluding hydrogens is 362 g/mol. The number of piperidine rings is 1. The van der Waals surface area contributed by atoms with Crippen LogP contribution in [-0.2, 0) is 9.59 Å². The van der Waals surface area contributed by atoms with Crippen LogP contribution in [0.1, 0.15) is 30.0 Å². The number of benzene rings is 2. The zero-order valence-corrected chi connectivity index (χ0v) is 17.6. The van der Waals surface area contributed by atoms with Gasteiger partial charge in [-0.25, -0.2) is 0 Å². The van der Waals surface area contributed by atoms with Crippen LogP contribution in [0.5, 0.6) is 0 Å². The molecule has 5 nitrogen and oxygen atoms in total. The molecule has 2 amide bonds. The Balaban J connectivity index is 1.67. The molecule has 1 aliphatic rings. The minimum Gasteiger partial charge on any atom is -0.349 e. The van der Waals surface area contributed by atoms with E-state index in [4.69, 9.17) is 0 Å². The Kier molecular flexibility index (Phi) is 7.04. The molecule has 0 unspecified atom stereocenters. The highest BCUT2D eigenvalue weighted by molar-refractivity contribution is 5.80. The summed E-state index contributed by atoms with van der Waals surface area (Å²) >= 11 is 0. The normalized spacial score (nSPS) is 15.3. The van der Waals surface area contributed by atoms with Gasteiger partial charge in [-0.05, 0) is 37.1 Å². The van der Waals surface area contributed by atoms with Gasteiger partial charge in [0.05, 0.1) is 12.6 Å². The summed E-state index contributed by atoms with van der Waals surface area (Å²) in [5.74, 6) is 0.372. The minimum atomic E-state index is -0.113. The molecule has 0 spiro atoms. The van der Waals surface area contributed by atoms with Crippen molar-refractivity contribution < 1.29 is 9.59 Å². The van der Waals surface area contributed by atoms with Gasteiger partial charge in [0.25, 0.3) is 0 Å². The van der Waals surface area contributed by atoms with Crippen LogP contribution in [-0.4, -0.2) is 67.3 Å². The minimum absolute atomic E-state index is 0.0791. The van der Waals surface area contributed by atoms with Gasteiger partial charge in [0.2, 0.25) is 11.8 Å². The smallest absolute Gasteiger partial charge is 0.237 e. The lowest BCUT2D eigenvalue weighted by atomic mass is 9.95. The Labute approximate surface area is 173 Å². The van der Waals surface area contributed by atoms with E-state index in [1.165, 1.54) is 0 Å². The molecule has 0 radical (unpaired) electrons. The predicted octanol–water partition coefficient (Wildman–Crippen LogP) is 3.03. The van der Waals surface area contributed by atoms with Crippen LogP contribution in [0.25, 0.3) is 0 Å². The van der Waals surface area contributed by atoms with Crippen molar-refractivity contribution >= 4 is 11.8 Å². The topological polar surface area (TPSA) is 43.9 Å². The van der Waals surface area contributed by atoms with Gasteiger partial charge < -0.3 is 9.80 Å². The third kappa shape index (κ3) is 5.24. The average Bonchev–Trinajstić information content (AvgIpc) is 2.75. The molecule has 1 saturated heterocycles. The summed E-state index contributed by atoms with van der Waals surface area (Å²) in [7, 11) is 5.50. The number of carbonyl (C=O) groups excluding carboxylic acids is 2. The summed E-state index contributed by atoms with van der Waals surface area (Å²) in [4.78, 5) is 31.0. The number of likely N-dealkylation sites (tertiary alicyclic amines) is 1. The maximum Gasteiger partial charge on any atom is 0.237 e. The summed E-state index contributed by atoms with van der Waals surface area (Å²) in [6, 6.07) is 20.2. The van der Waals surface area contributed by atoms with Crippen molar-refractivity contribution in [3.8, 4) is 0 Å². The van der Waals surface area contributed by atoms with Crippen molar-refractivity contribution in [2.24, 2.45) is 5.92 Å². The molecule has 2 aromatic carbocycles. The van der Waals surface area contributed by atoms with E-state index in [0.717, 1.165) is 37.1 Å². The van der Waals surface area contributed by atoms with Crippen LogP contribution in [0.15, 0.2) is 60.7 Å². The molecule has 29 heavy (non-hydrogen) atoms. The second-order valence-corrected chi connectivity index (χ2v) is 8.01. The quantitative estimate of drug-likeness (QED) is 0.758. The highest BCUT2D eigenvalue weighted by Crippen LogP contribution is 2.28. The number of rotatable bonds is 6. The zero-order chi connectivity index (χ0) is 20.8. The number of amides is 2. The molecule has 0 aliphatic carbocycles. The Morgan fingerprint density at radius 3 is 1.83 bits per heavy atom. The molecule has 0 aromatic heterocycles. The highest BCUT2D eigenvalue weighted by atomic mass is 16.2. The number of nitrogens with zero attached hydrogens (tertiary/aromatic N) is 3. The van der Waals surface area contributed by atoms with E-state index in [-0.39, 0.29) is 23.8 Å². The molecule has 154 valence electrons. The van der Waals surface area contributed by atoms with Crippen LogP contribution in [0.3, 0.4) is 0 Å². The van der Waals surface area contributed by atoms with E-state index < -0.39 is 0 Å². The molecule has 0 bridgehead atoms. The molecule has 2 aromatic rings. The van der Waals surface area contributed by atoms with Crippen molar-refractivity contribution in [1.82, 2.24) is 14.7 Å². The lowest BCUT2D eigenvalue weighted by Crippen LogP contribution is -2.45. The lowest BCUT2D eigenvalue weighted by molar-refractivity contribution is -0.135. The first-order chi connectivity index (χ1) is 14.0. The van der Waals surface area contributed by atoms with E-state index in [1.807, 2.05) is 48.3 Å². The lowest BCUT2D eigenvalue weighted by Gasteiger charge is -2.35. The summed E-state index contributed by atoms with van der Waals surface area (Å²) in [5.41, 5.74) is 2.20. The number of carbonyl (C=O) groups is 2. The maximum atomic E-state index is 13.1. The van der Waals surface area contributed by atoms with Crippen molar-refractivity contribution in [3.05, 3.63) is 71.8 Å². The van der Waals surface area contributed by atoms with Gasteiger partial charge >= 0.3 is 0 Å². The van der Waals surface area contributed by atoms with Gasteiger partial charge in [-0.3, -0.25) is 14.5 Å². The molecular formula is C24H31N3O2. The summed E-state index contributed by atoms with van der Waals surface area (Å²) in [6.45, 7) is 1.95. The monoisotopic (exact) mass is 393 g/mol. The third-order valence-electron chi connectivity index (χ3n) is 5.75. The fourth-order valence-electron chi connectivity index (χ4n) is 4.06. The average molecular weight is 394 g/mol. The number of hydrogen-bond acceptors (Lipinski definition) is 3. The van der Waals surface area contributed by atoms with Crippen molar-refractivity contribution in [2.45, 2.75) is 18.9 Å². The van der Waals surface area contributed by atoms with Gasteiger partial charge in [0, 0.05) is 27.1 Å². The first-order valence-electron chi connectivity index (χ1n) is 10.3. The SMILES string of the molecule is CN(C)C(=O)C1CCN(CC(=O)N(C)C(c2ccccc2)c2ccccc2)CC1. The van der Waals surface area contributed by atoms with Gasteiger partial charge in [-0.1, -0.05) is 60.7 Å². The Hall–Kier alpha value is -2.66. The van der Waals surface area contributed by atoms with E-state index in [0.29, 0.717) is 6.54 Å². The highest BCUT2D eigenvalue weighted by Gasteiger charge is 2.29. The summed E-state index contributed by atoms with van der Waals surface area (Å²) in [6.07, 6.45) is 1.63. The van der Waals surface area contributed by atoms with Gasteiger partial charge in [-0.15, -0.1) is 0 Å². The molecule has 5 heteroatoms. The van der Waals surface area contributed by atoms with Crippen LogP contribution in [0.4, 0.5) is 0 Å². The predicted molar refractivity (Wildman–Crippen MR) is 115 cm³/mol. The van der Waals surface area contributed by atoms with Gasteiger partial charge in [-0.2, -0.15) is 0 Å². The van der Waals surface area contributed by atoms with Crippen LogP contribution in [0.2, 0.25) is 0 Å². The zero-order valence-electron chi connectivity index (χ0n) is 17.6. The first kappa shape index (κ1) is 21.1. The molecule has 0 saturated carbocycles. The van der Waals surface area contributed by atoms with Crippen molar-refractivity contribution in [1.29, 1.82) is 0 Å². The van der Waals surface area contributed by atoms with Gasteiger partial charge in [0.15, 0.2) is 0 Å². The van der Waals surface area contributed by atoms with Gasteiger partial charge in [0.1, 0.15) is 0 Å². The second-order valence-electron chi connectivity index (χ2n) is 8.01. The number of hydrogen-bond donors (Lipinski definition) is 0. The van der Waals surface area contributed by atoms with Crippen LogP contribution in [0, 0.1) is 5.92 Å². The summed E-state index contributed by atoms with van der Waals surface area (Å²) < 4.78 is 0.